The molecule has 5 aromatic rings. The second-order valence-electron chi connectivity index (χ2n) is 7.47. The van der Waals surface area contributed by atoms with E-state index in [1.807, 2.05) is 73.7 Å². The smallest absolute Gasteiger partial charge is 0.286 e. The first-order valence-corrected chi connectivity index (χ1v) is 10.2. The van der Waals surface area contributed by atoms with E-state index in [0.717, 1.165) is 22.3 Å². The van der Waals surface area contributed by atoms with Crippen LogP contribution in [0.1, 0.15) is 24.1 Å². The number of nitrogens with zero attached hydrogens (tertiary/aromatic N) is 4. The van der Waals surface area contributed by atoms with Crippen LogP contribution in [-0.4, -0.2) is 20.2 Å². The summed E-state index contributed by atoms with van der Waals surface area (Å²) in [7, 11) is 0. The van der Waals surface area contributed by atoms with Gasteiger partial charge in [0.05, 0.1) is 5.52 Å². The molecule has 31 heavy (non-hydrogen) atoms. The molecule has 3 aromatic carbocycles. The van der Waals surface area contributed by atoms with Crippen molar-refractivity contribution in [1.82, 2.24) is 20.2 Å². The third-order valence-electron chi connectivity index (χ3n) is 5.17. The van der Waals surface area contributed by atoms with Crippen LogP contribution in [0.5, 0.6) is 0 Å². The average Bonchev–Trinajstić information content (AvgIpc) is 3.30. The normalized spacial score (nSPS) is 12.1. The highest BCUT2D eigenvalue weighted by molar-refractivity contribution is 5.90. The van der Waals surface area contributed by atoms with Gasteiger partial charge in [0.15, 0.2) is 0 Å². The van der Waals surface area contributed by atoms with E-state index in [1.165, 1.54) is 11.1 Å². The van der Waals surface area contributed by atoms with Gasteiger partial charge in [-0.25, -0.2) is 9.97 Å². The Bertz CT molecular complexity index is 1330. The summed E-state index contributed by atoms with van der Waals surface area (Å²) >= 11 is 0. The summed E-state index contributed by atoms with van der Waals surface area (Å²) in [5.41, 5.74) is 4.02. The minimum absolute atomic E-state index is 0.0677. The van der Waals surface area contributed by atoms with Crippen LogP contribution in [0.4, 0.5) is 5.82 Å². The lowest BCUT2D eigenvalue weighted by Crippen LogP contribution is -2.09. The van der Waals surface area contributed by atoms with Crippen molar-refractivity contribution in [3.8, 4) is 23.2 Å². The van der Waals surface area contributed by atoms with Gasteiger partial charge in [0.2, 0.25) is 11.7 Å². The van der Waals surface area contributed by atoms with Gasteiger partial charge in [0.1, 0.15) is 5.82 Å². The van der Waals surface area contributed by atoms with Gasteiger partial charge in [-0.2, -0.15) is 0 Å². The maximum Gasteiger partial charge on any atom is 0.286 e. The minimum atomic E-state index is 0.0677. The second-order valence-corrected chi connectivity index (χ2v) is 7.47. The van der Waals surface area contributed by atoms with Crippen molar-refractivity contribution in [1.29, 1.82) is 0 Å². The molecule has 1 atom stereocenters. The predicted octanol–water partition coefficient (Wildman–Crippen LogP) is 5.83. The van der Waals surface area contributed by atoms with Crippen molar-refractivity contribution in [2.24, 2.45) is 0 Å². The van der Waals surface area contributed by atoms with Crippen LogP contribution in [-0.2, 0) is 0 Å². The van der Waals surface area contributed by atoms with Crippen LogP contribution in [0.25, 0.3) is 34.1 Å². The van der Waals surface area contributed by atoms with Gasteiger partial charge in [-0.05, 0) is 43.7 Å². The molecule has 2 aromatic heterocycles. The summed E-state index contributed by atoms with van der Waals surface area (Å²) in [6.07, 6.45) is 0. The van der Waals surface area contributed by atoms with Crippen molar-refractivity contribution in [3.05, 3.63) is 90.0 Å². The zero-order valence-corrected chi connectivity index (χ0v) is 17.3. The fourth-order valence-electron chi connectivity index (χ4n) is 3.44. The molecular formula is C25H21N5O. The lowest BCUT2D eigenvalue weighted by atomic mass is 10.1. The highest BCUT2D eigenvalue weighted by Gasteiger charge is 2.17. The molecule has 0 amide bonds. The molecule has 0 saturated heterocycles. The Labute approximate surface area is 180 Å². The summed E-state index contributed by atoms with van der Waals surface area (Å²) in [4.78, 5) is 9.40. The number of hydrogen-bond acceptors (Lipinski definition) is 6. The molecular weight excluding hydrogens is 386 g/mol. The molecule has 152 valence electrons. The van der Waals surface area contributed by atoms with E-state index in [-0.39, 0.29) is 11.9 Å². The molecule has 0 spiro atoms. The van der Waals surface area contributed by atoms with E-state index < -0.39 is 0 Å². The summed E-state index contributed by atoms with van der Waals surface area (Å²) in [6, 6.07) is 26.2. The highest BCUT2D eigenvalue weighted by atomic mass is 16.4. The molecule has 1 N–H and O–H groups in total. The number of aromatic nitrogens is 4. The van der Waals surface area contributed by atoms with Crippen LogP contribution in [0.2, 0.25) is 0 Å². The first kappa shape index (κ1) is 18.9. The molecule has 0 fully saturated rings. The first-order chi connectivity index (χ1) is 15.2. The maximum atomic E-state index is 5.91. The molecule has 0 aliphatic heterocycles. The van der Waals surface area contributed by atoms with Crippen molar-refractivity contribution >= 4 is 16.7 Å². The molecule has 6 nitrogen and oxygen atoms in total. The fraction of sp³-hybridized carbons (Fsp3) is 0.120. The Balaban J connectivity index is 1.53. The molecule has 6 heteroatoms. The van der Waals surface area contributed by atoms with E-state index in [9.17, 15) is 0 Å². The van der Waals surface area contributed by atoms with Gasteiger partial charge in [0, 0.05) is 17.0 Å². The van der Waals surface area contributed by atoms with Crippen LogP contribution >= 0.6 is 0 Å². The summed E-state index contributed by atoms with van der Waals surface area (Å²) < 4.78 is 5.91. The monoisotopic (exact) mass is 407 g/mol. The van der Waals surface area contributed by atoms with Crippen molar-refractivity contribution < 1.29 is 4.42 Å². The maximum absolute atomic E-state index is 5.91. The number of para-hydroxylation sites is 1. The number of anilines is 1. The number of hydrogen-bond donors (Lipinski definition) is 1. The first-order valence-electron chi connectivity index (χ1n) is 10.2. The molecule has 5 rings (SSSR count). The molecule has 0 aliphatic carbocycles. The highest BCUT2D eigenvalue weighted by Crippen LogP contribution is 2.28. The summed E-state index contributed by atoms with van der Waals surface area (Å²) in [5.74, 6) is 1.86. The van der Waals surface area contributed by atoms with E-state index in [4.69, 9.17) is 9.40 Å². The Morgan fingerprint density at radius 2 is 1.48 bits per heavy atom. The van der Waals surface area contributed by atoms with Gasteiger partial charge < -0.3 is 9.73 Å². The topological polar surface area (TPSA) is 76.7 Å². The van der Waals surface area contributed by atoms with Crippen molar-refractivity contribution in [2.75, 3.05) is 5.32 Å². The Morgan fingerprint density at radius 3 is 2.29 bits per heavy atom. The second kappa shape index (κ2) is 7.99. The number of aryl methyl sites for hydroxylation is 1. The van der Waals surface area contributed by atoms with E-state index in [2.05, 4.69) is 39.6 Å². The standard InChI is InChI=1S/C25H21N5O/c1-16-12-14-19(15-13-16)24-29-30-25(31-24)23-27-21-11-7-6-10-20(21)22(28-23)26-17(2)18-8-4-3-5-9-18/h3-15,17H,1-2H3,(H,26,27,28). The summed E-state index contributed by atoms with van der Waals surface area (Å²) in [6.45, 7) is 4.14. The molecule has 0 aliphatic rings. The Hall–Kier alpha value is -4.06. The zero-order chi connectivity index (χ0) is 21.2. The van der Waals surface area contributed by atoms with Gasteiger partial charge >= 0.3 is 0 Å². The predicted molar refractivity (Wildman–Crippen MR) is 121 cm³/mol. The van der Waals surface area contributed by atoms with Gasteiger partial charge in [0.25, 0.3) is 5.89 Å². The van der Waals surface area contributed by atoms with Crippen LogP contribution in [0, 0.1) is 6.92 Å². The minimum Gasteiger partial charge on any atom is -0.413 e. The van der Waals surface area contributed by atoms with E-state index in [0.29, 0.717) is 11.7 Å². The van der Waals surface area contributed by atoms with Gasteiger partial charge in [-0.15, -0.1) is 10.2 Å². The quantitative estimate of drug-likeness (QED) is 0.395. The number of rotatable bonds is 5. The summed E-state index contributed by atoms with van der Waals surface area (Å²) in [5, 5.41) is 12.8. The fourth-order valence-corrected chi connectivity index (χ4v) is 3.44. The molecule has 0 bridgehead atoms. The number of fused-ring (bicyclic) bond motifs is 1. The Morgan fingerprint density at radius 1 is 0.774 bits per heavy atom. The van der Waals surface area contributed by atoms with Gasteiger partial charge in [-0.1, -0.05) is 60.2 Å². The third kappa shape index (κ3) is 3.88. The molecule has 0 saturated carbocycles. The number of nitrogens with one attached hydrogen (secondary N) is 1. The van der Waals surface area contributed by atoms with Crippen LogP contribution in [0.3, 0.4) is 0 Å². The lowest BCUT2D eigenvalue weighted by Gasteiger charge is -2.16. The van der Waals surface area contributed by atoms with Crippen molar-refractivity contribution in [3.63, 3.8) is 0 Å². The van der Waals surface area contributed by atoms with Crippen LogP contribution in [0.15, 0.2) is 83.3 Å². The van der Waals surface area contributed by atoms with Gasteiger partial charge in [-0.3, -0.25) is 0 Å². The number of benzene rings is 3. The molecule has 0 radical (unpaired) electrons. The zero-order valence-electron chi connectivity index (χ0n) is 17.3. The van der Waals surface area contributed by atoms with Crippen LogP contribution < -0.4 is 5.32 Å². The lowest BCUT2D eigenvalue weighted by molar-refractivity contribution is 0.579. The Kier molecular flexibility index (Phi) is 4.88. The largest absolute Gasteiger partial charge is 0.413 e. The molecule has 2 heterocycles. The SMILES string of the molecule is Cc1ccc(-c2nnc(-c3nc(NC(C)c4ccccc4)c4ccccc4n3)o2)cc1. The van der Waals surface area contributed by atoms with Crippen molar-refractivity contribution in [2.45, 2.75) is 19.9 Å². The molecule has 1 unspecified atom stereocenters. The average molecular weight is 407 g/mol. The van der Waals surface area contributed by atoms with E-state index in [1.54, 1.807) is 0 Å². The third-order valence-corrected chi connectivity index (χ3v) is 5.17. The van der Waals surface area contributed by atoms with E-state index >= 15 is 0 Å².